The van der Waals surface area contributed by atoms with Gasteiger partial charge in [-0.2, -0.15) is 28.1 Å². The Morgan fingerprint density at radius 1 is 1.13 bits per heavy atom. The summed E-state index contributed by atoms with van der Waals surface area (Å²) >= 11 is 5.27. The van der Waals surface area contributed by atoms with Crippen LogP contribution in [0.15, 0.2) is 42.9 Å². The van der Waals surface area contributed by atoms with Crippen molar-refractivity contribution >= 4 is 34.8 Å². The van der Waals surface area contributed by atoms with Crippen LogP contribution >= 0.6 is 11.6 Å². The zero-order chi connectivity index (χ0) is 21.7. The predicted octanol–water partition coefficient (Wildman–Crippen LogP) is 3.34. The van der Waals surface area contributed by atoms with Crippen molar-refractivity contribution in [2.24, 2.45) is 0 Å². The number of rotatable bonds is 5. The van der Waals surface area contributed by atoms with Gasteiger partial charge in [-0.25, -0.2) is 9.67 Å². The number of nitrogens with one attached hydrogen (secondary N) is 1. The average molecular weight is 446 g/mol. The summed E-state index contributed by atoms with van der Waals surface area (Å²) in [5.74, 6) is 1.71. The first-order valence-electron chi connectivity index (χ1n) is 9.11. The van der Waals surface area contributed by atoms with E-state index in [1.807, 2.05) is 37.4 Å². The molecule has 0 saturated heterocycles. The van der Waals surface area contributed by atoms with Gasteiger partial charge >= 0.3 is 11.6 Å². The third kappa shape index (κ3) is 4.71. The van der Waals surface area contributed by atoms with Crippen molar-refractivity contribution in [2.75, 3.05) is 5.32 Å². The van der Waals surface area contributed by atoms with Gasteiger partial charge in [0.05, 0.1) is 23.1 Å². The van der Waals surface area contributed by atoms with E-state index in [1.54, 1.807) is 21.6 Å². The lowest BCUT2D eigenvalue weighted by Crippen LogP contribution is -2.11. The van der Waals surface area contributed by atoms with E-state index in [1.165, 1.54) is 0 Å². The summed E-state index contributed by atoms with van der Waals surface area (Å²) in [5.41, 5.74) is 3.97. The minimum atomic E-state index is -0.750. The third-order valence-corrected chi connectivity index (χ3v) is 4.55. The summed E-state index contributed by atoms with van der Waals surface area (Å²) in [6.07, 6.45) is 5.27. The van der Waals surface area contributed by atoms with Gasteiger partial charge in [-0.3, -0.25) is 0 Å². The van der Waals surface area contributed by atoms with Crippen molar-refractivity contribution in [3.63, 3.8) is 0 Å². The van der Waals surface area contributed by atoms with E-state index in [9.17, 15) is 0 Å². The van der Waals surface area contributed by atoms with Gasteiger partial charge in [0.1, 0.15) is 5.82 Å². The quantitative estimate of drug-likeness (QED) is 0.502. The molecule has 0 aliphatic heterocycles. The van der Waals surface area contributed by atoms with Crippen LogP contribution in [-0.4, -0.2) is 37.8 Å². The minimum Gasteiger partial charge on any atom is -0.350 e. The molecule has 0 atom stereocenters. The van der Waals surface area contributed by atoms with Gasteiger partial charge in [0, 0.05) is 18.3 Å². The largest absolute Gasteiger partial charge is 0.350 e. The highest BCUT2D eigenvalue weighted by Crippen LogP contribution is 2.22. The van der Waals surface area contributed by atoms with E-state index < -0.39 is 11.6 Å². The van der Waals surface area contributed by atoms with Crippen molar-refractivity contribution in [1.29, 1.82) is 0 Å². The molecule has 0 aliphatic carbocycles. The summed E-state index contributed by atoms with van der Waals surface area (Å²) in [4.78, 5) is 9.09. The number of aromatic nitrogens is 6. The van der Waals surface area contributed by atoms with Crippen molar-refractivity contribution < 1.29 is 8.42 Å². The van der Waals surface area contributed by atoms with Crippen molar-refractivity contribution in [1.82, 2.24) is 29.4 Å². The third-order valence-electron chi connectivity index (χ3n) is 4.36. The fourth-order valence-corrected chi connectivity index (χ4v) is 3.15. The molecule has 0 fully saturated rings. The topological polar surface area (TPSA) is 107 Å². The molecule has 0 unspecified atom stereocenters. The van der Waals surface area contributed by atoms with Gasteiger partial charge in [-0.05, 0) is 24.5 Å². The molecule has 0 aliphatic rings. The second-order valence-corrected chi connectivity index (χ2v) is 7.31. The fourth-order valence-electron chi connectivity index (χ4n) is 3.01. The molecule has 4 rings (SSSR count). The second kappa shape index (κ2) is 9.59. The average Bonchev–Trinajstić information content (AvgIpc) is 3.33. The van der Waals surface area contributed by atoms with E-state index in [-0.39, 0.29) is 0 Å². The zero-order valence-corrected chi connectivity index (χ0v) is 18.2. The first kappa shape index (κ1) is 21.6. The smallest absolute Gasteiger partial charge is 0.335 e. The van der Waals surface area contributed by atoms with Crippen LogP contribution in [0.2, 0.25) is 5.02 Å². The maximum Gasteiger partial charge on any atom is 0.335 e. The fraction of sp³-hybridized carbons (Fsp3) is 0.263. The van der Waals surface area contributed by atoms with E-state index >= 15 is 0 Å². The number of para-hydroxylation sites is 1. The molecule has 0 spiro atoms. The Morgan fingerprint density at radius 2 is 1.87 bits per heavy atom. The molecule has 11 heteroatoms. The summed E-state index contributed by atoms with van der Waals surface area (Å²) in [6.45, 7) is 6.72. The van der Waals surface area contributed by atoms with Crippen molar-refractivity contribution in [3.8, 4) is 5.69 Å². The summed E-state index contributed by atoms with van der Waals surface area (Å²) in [5, 5.41) is 12.8. The van der Waals surface area contributed by atoms with Gasteiger partial charge < -0.3 is 5.32 Å². The summed E-state index contributed by atoms with van der Waals surface area (Å²) < 4.78 is 20.1. The highest BCUT2D eigenvalue weighted by atomic mass is 35.5. The van der Waals surface area contributed by atoms with Gasteiger partial charge in [0.2, 0.25) is 5.95 Å². The Hall–Kier alpha value is -3.11. The Labute approximate surface area is 181 Å². The van der Waals surface area contributed by atoms with E-state index in [0.717, 1.165) is 22.5 Å². The summed E-state index contributed by atoms with van der Waals surface area (Å²) in [7, 11) is 0. The molecule has 0 bridgehead atoms. The molecule has 0 radical (unpaired) electrons. The molecule has 30 heavy (non-hydrogen) atoms. The van der Waals surface area contributed by atoms with Crippen LogP contribution in [0.4, 0.5) is 5.95 Å². The molecular weight excluding hydrogens is 426 g/mol. The number of nitrogens with zero attached hydrogens (tertiary/aromatic N) is 6. The van der Waals surface area contributed by atoms with Crippen LogP contribution in [0.1, 0.15) is 36.7 Å². The molecule has 1 N–H and O–H groups in total. The standard InChI is InChI=1S/C19H20ClN7.O2S/c1-12(2)16-10-23-27-18(16)24-13(3)25-19(27)21-8-14-6-4-5-7-17(14)26-11-15(20)9-22-26;1-3-2/h4-7,9-12H,8H2,1-3H3,(H,21,24,25);. The van der Waals surface area contributed by atoms with Crippen molar-refractivity contribution in [2.45, 2.75) is 33.2 Å². The van der Waals surface area contributed by atoms with Gasteiger partial charge in [-0.1, -0.05) is 43.6 Å². The first-order valence-corrected chi connectivity index (χ1v) is 10.2. The van der Waals surface area contributed by atoms with E-state index in [2.05, 4.69) is 39.3 Å². The minimum absolute atomic E-state index is 0.343. The molecule has 156 valence electrons. The first-order chi connectivity index (χ1) is 14.4. The molecule has 0 amide bonds. The number of benzene rings is 1. The summed E-state index contributed by atoms with van der Waals surface area (Å²) in [6, 6.07) is 8.03. The van der Waals surface area contributed by atoms with Gasteiger partial charge in [0.25, 0.3) is 0 Å². The highest BCUT2D eigenvalue weighted by molar-refractivity contribution is 7.51. The predicted molar refractivity (Wildman–Crippen MR) is 114 cm³/mol. The maximum absolute atomic E-state index is 8.29. The number of hydrogen-bond donors (Lipinski definition) is 1. The van der Waals surface area contributed by atoms with E-state index in [0.29, 0.717) is 29.3 Å². The van der Waals surface area contributed by atoms with Crippen LogP contribution < -0.4 is 5.32 Å². The number of fused-ring (bicyclic) bond motifs is 1. The SMILES string of the molecule is Cc1nc(NCc2ccccc2-n2cc(Cl)cn2)n2ncc(C(C)C)c2n1.O=S=O. The number of anilines is 1. The Balaban J connectivity index is 0.000000806. The van der Waals surface area contributed by atoms with Crippen molar-refractivity contribution in [3.05, 3.63) is 64.8 Å². The number of hydrogen-bond acceptors (Lipinski definition) is 7. The van der Waals surface area contributed by atoms with Gasteiger partial charge in [-0.15, -0.1) is 0 Å². The second-order valence-electron chi connectivity index (χ2n) is 6.74. The number of aryl methyl sites for hydroxylation is 1. The molecular formula is C19H20ClN7O2S. The van der Waals surface area contributed by atoms with Crippen LogP contribution in [0.3, 0.4) is 0 Å². The Kier molecular flexibility index (Phi) is 6.91. The lowest BCUT2D eigenvalue weighted by Gasteiger charge is -2.12. The van der Waals surface area contributed by atoms with Crippen LogP contribution in [-0.2, 0) is 18.1 Å². The molecule has 3 heterocycles. The molecule has 9 nitrogen and oxygen atoms in total. The maximum atomic E-state index is 8.29. The highest BCUT2D eigenvalue weighted by Gasteiger charge is 2.14. The van der Waals surface area contributed by atoms with Gasteiger partial charge in [0.15, 0.2) is 5.65 Å². The normalized spacial score (nSPS) is 10.7. The lowest BCUT2D eigenvalue weighted by atomic mass is 10.1. The van der Waals surface area contributed by atoms with Crippen LogP contribution in [0, 0.1) is 6.92 Å². The Morgan fingerprint density at radius 3 is 2.53 bits per heavy atom. The zero-order valence-electron chi connectivity index (χ0n) is 16.6. The van der Waals surface area contributed by atoms with E-state index in [4.69, 9.17) is 20.0 Å². The number of halogens is 1. The van der Waals surface area contributed by atoms with Crippen LogP contribution in [0.5, 0.6) is 0 Å². The molecule has 1 aromatic carbocycles. The van der Waals surface area contributed by atoms with Crippen LogP contribution in [0.25, 0.3) is 11.3 Å². The molecule has 0 saturated carbocycles. The monoisotopic (exact) mass is 445 g/mol. The molecule has 4 aromatic rings. The molecule has 3 aromatic heterocycles. The Bertz CT molecular complexity index is 1200. The lowest BCUT2D eigenvalue weighted by molar-refractivity contribution is 0.630.